The van der Waals surface area contributed by atoms with Crippen LogP contribution in [0.25, 0.3) is 11.3 Å². The maximum atomic E-state index is 12.9. The van der Waals surface area contributed by atoms with Gasteiger partial charge in [0.15, 0.2) is 0 Å². The third-order valence-electron chi connectivity index (χ3n) is 3.91. The molecule has 3 N–H and O–H groups in total. The van der Waals surface area contributed by atoms with Gasteiger partial charge in [-0.25, -0.2) is 0 Å². The van der Waals surface area contributed by atoms with Crippen LogP contribution in [0.3, 0.4) is 0 Å². The number of alkyl halides is 3. The molecule has 0 fully saturated rings. The SMILES string of the molecule is C/C=C(/N)c1ccccc1C(=C(C)C)c1ccc(C(F)(F)F)cc1O.CC.CC. The number of aromatic hydroxyl groups is 1. The summed E-state index contributed by atoms with van der Waals surface area (Å²) in [4.78, 5) is 0. The molecule has 0 radical (unpaired) electrons. The lowest BCUT2D eigenvalue weighted by atomic mass is 9.88. The smallest absolute Gasteiger partial charge is 0.416 e. The van der Waals surface area contributed by atoms with Gasteiger partial charge in [-0.15, -0.1) is 0 Å². The average Bonchev–Trinajstić information content (AvgIpc) is 2.71. The molecule has 5 heteroatoms. The molecule has 0 saturated carbocycles. The highest BCUT2D eigenvalue weighted by molar-refractivity contribution is 5.89. The van der Waals surface area contributed by atoms with Crippen molar-refractivity contribution in [2.75, 3.05) is 0 Å². The van der Waals surface area contributed by atoms with Gasteiger partial charge in [0.05, 0.1) is 5.56 Å². The first-order valence-electron chi connectivity index (χ1n) is 9.76. The normalized spacial score (nSPS) is 10.9. The van der Waals surface area contributed by atoms with Crippen molar-refractivity contribution >= 4 is 11.3 Å². The Balaban J connectivity index is 0.00000184. The number of halogens is 3. The predicted octanol–water partition coefficient (Wildman–Crippen LogP) is 7.62. The molecule has 0 aliphatic heterocycles. The highest BCUT2D eigenvalue weighted by Gasteiger charge is 2.31. The van der Waals surface area contributed by atoms with E-state index in [1.165, 1.54) is 6.07 Å². The number of rotatable bonds is 3. The Morgan fingerprint density at radius 2 is 1.41 bits per heavy atom. The summed E-state index contributed by atoms with van der Waals surface area (Å²) < 4.78 is 38.6. The molecule has 2 nitrogen and oxygen atoms in total. The fourth-order valence-corrected chi connectivity index (χ4v) is 2.71. The van der Waals surface area contributed by atoms with E-state index < -0.39 is 17.5 Å². The van der Waals surface area contributed by atoms with Gasteiger partial charge in [0.1, 0.15) is 5.75 Å². The monoisotopic (exact) mass is 407 g/mol. The van der Waals surface area contributed by atoms with Gasteiger partial charge in [0.25, 0.3) is 0 Å². The summed E-state index contributed by atoms with van der Waals surface area (Å²) in [6.07, 6.45) is -2.75. The summed E-state index contributed by atoms with van der Waals surface area (Å²) in [5, 5.41) is 10.2. The van der Waals surface area contributed by atoms with Crippen molar-refractivity contribution in [3.05, 3.63) is 76.4 Å². The zero-order valence-electron chi connectivity index (χ0n) is 18.3. The van der Waals surface area contributed by atoms with Crippen molar-refractivity contribution in [2.45, 2.75) is 54.6 Å². The molecule has 0 aromatic heterocycles. The summed E-state index contributed by atoms with van der Waals surface area (Å²) in [5.41, 5.74) is 9.10. The van der Waals surface area contributed by atoms with Crippen molar-refractivity contribution in [3.8, 4) is 5.75 Å². The molecule has 160 valence electrons. The van der Waals surface area contributed by atoms with Crippen LogP contribution in [-0.4, -0.2) is 5.11 Å². The quantitative estimate of drug-likeness (QED) is 0.549. The fourth-order valence-electron chi connectivity index (χ4n) is 2.71. The van der Waals surface area contributed by atoms with E-state index in [2.05, 4.69) is 0 Å². The molecule has 0 atom stereocenters. The summed E-state index contributed by atoms with van der Waals surface area (Å²) in [6, 6.07) is 10.4. The average molecular weight is 408 g/mol. The van der Waals surface area contributed by atoms with E-state index in [4.69, 9.17) is 5.73 Å². The lowest BCUT2D eigenvalue weighted by Crippen LogP contribution is -2.06. The van der Waals surface area contributed by atoms with Crippen molar-refractivity contribution in [1.29, 1.82) is 0 Å². The van der Waals surface area contributed by atoms with Crippen LogP contribution in [0.2, 0.25) is 0 Å². The number of nitrogens with two attached hydrogens (primary N) is 1. The van der Waals surface area contributed by atoms with Gasteiger partial charge < -0.3 is 10.8 Å². The molecule has 0 amide bonds. The number of benzene rings is 2. The molecule has 0 aliphatic carbocycles. The second-order valence-corrected chi connectivity index (χ2v) is 5.89. The van der Waals surface area contributed by atoms with E-state index in [0.717, 1.165) is 28.8 Å². The zero-order chi connectivity index (χ0) is 22.8. The molecule has 0 aliphatic rings. The summed E-state index contributed by atoms with van der Waals surface area (Å²) >= 11 is 0. The molecule has 0 spiro atoms. The largest absolute Gasteiger partial charge is 0.507 e. The minimum atomic E-state index is -4.51. The molecule has 0 heterocycles. The van der Waals surface area contributed by atoms with Crippen LogP contribution in [0.15, 0.2) is 54.1 Å². The molecule has 2 rings (SSSR count). The van der Waals surface area contributed by atoms with Crippen molar-refractivity contribution in [1.82, 2.24) is 0 Å². The Hall–Kier alpha value is -2.69. The molecule has 2 aromatic rings. The first-order chi connectivity index (χ1) is 13.7. The van der Waals surface area contributed by atoms with Gasteiger partial charge in [0, 0.05) is 16.8 Å². The predicted molar refractivity (Wildman–Crippen MR) is 117 cm³/mol. The van der Waals surface area contributed by atoms with Crippen LogP contribution < -0.4 is 5.73 Å². The van der Waals surface area contributed by atoms with E-state index in [1.807, 2.05) is 72.7 Å². The second kappa shape index (κ2) is 12.0. The van der Waals surface area contributed by atoms with Gasteiger partial charge >= 0.3 is 6.18 Å². The number of hydrogen-bond acceptors (Lipinski definition) is 2. The Morgan fingerprint density at radius 3 is 1.83 bits per heavy atom. The molecular weight excluding hydrogens is 375 g/mol. The Bertz CT molecular complexity index is 845. The van der Waals surface area contributed by atoms with E-state index >= 15 is 0 Å². The van der Waals surface area contributed by atoms with Crippen LogP contribution in [0, 0.1) is 0 Å². The second-order valence-electron chi connectivity index (χ2n) is 5.89. The van der Waals surface area contributed by atoms with Gasteiger partial charge in [-0.1, -0.05) is 69.7 Å². The Labute approximate surface area is 172 Å². The number of phenolic OH excluding ortho intramolecular Hbond substituents is 1. The summed E-state index contributed by atoms with van der Waals surface area (Å²) in [5.74, 6) is -0.417. The Kier molecular flexibility index (Phi) is 10.9. The fraction of sp³-hybridized carbons (Fsp3) is 0.333. The van der Waals surface area contributed by atoms with Crippen molar-refractivity contribution in [3.63, 3.8) is 0 Å². The molecule has 29 heavy (non-hydrogen) atoms. The first kappa shape index (κ1) is 26.3. The van der Waals surface area contributed by atoms with Crippen LogP contribution in [-0.2, 0) is 6.18 Å². The molecule has 0 bridgehead atoms. The number of allylic oxidation sites excluding steroid dienone is 2. The summed E-state index contributed by atoms with van der Waals surface area (Å²) in [7, 11) is 0. The van der Waals surface area contributed by atoms with Crippen LogP contribution in [0.1, 0.15) is 70.7 Å². The van der Waals surface area contributed by atoms with E-state index in [0.29, 0.717) is 16.8 Å². The lowest BCUT2D eigenvalue weighted by Gasteiger charge is -2.18. The van der Waals surface area contributed by atoms with Gasteiger partial charge in [-0.05, 0) is 44.0 Å². The van der Waals surface area contributed by atoms with E-state index in [1.54, 1.807) is 6.08 Å². The minimum Gasteiger partial charge on any atom is -0.507 e. The standard InChI is InChI=1S/C20H20F3NO.2C2H6/c1-4-17(24)14-7-5-6-8-15(14)19(12(2)3)16-10-9-13(11-18(16)25)20(21,22)23;2*1-2/h4-11,25H,24H2,1-3H3;2*1-2H3/b17-4+;;. The molecular formula is C24H32F3NO. The molecule has 0 saturated heterocycles. The van der Waals surface area contributed by atoms with Gasteiger partial charge in [-0.3, -0.25) is 0 Å². The first-order valence-corrected chi connectivity index (χ1v) is 9.76. The van der Waals surface area contributed by atoms with Crippen LogP contribution in [0.5, 0.6) is 5.75 Å². The lowest BCUT2D eigenvalue weighted by molar-refractivity contribution is -0.137. The highest BCUT2D eigenvalue weighted by Crippen LogP contribution is 2.39. The van der Waals surface area contributed by atoms with Gasteiger partial charge in [0.2, 0.25) is 0 Å². The maximum Gasteiger partial charge on any atom is 0.416 e. The zero-order valence-corrected chi connectivity index (χ0v) is 18.3. The third kappa shape index (κ3) is 6.70. The van der Waals surface area contributed by atoms with Crippen molar-refractivity contribution in [2.24, 2.45) is 5.73 Å². The number of phenols is 1. The number of hydrogen-bond donors (Lipinski definition) is 2. The van der Waals surface area contributed by atoms with E-state index in [-0.39, 0.29) is 0 Å². The molecule has 0 unspecified atom stereocenters. The topological polar surface area (TPSA) is 46.2 Å². The maximum absolute atomic E-state index is 12.9. The van der Waals surface area contributed by atoms with Crippen LogP contribution >= 0.6 is 0 Å². The van der Waals surface area contributed by atoms with E-state index in [9.17, 15) is 18.3 Å². The third-order valence-corrected chi connectivity index (χ3v) is 3.91. The van der Waals surface area contributed by atoms with Crippen molar-refractivity contribution < 1.29 is 18.3 Å². The minimum absolute atomic E-state index is 0.337. The Morgan fingerprint density at radius 1 is 0.897 bits per heavy atom. The summed E-state index contributed by atoms with van der Waals surface area (Å²) in [6.45, 7) is 13.5. The van der Waals surface area contributed by atoms with Crippen LogP contribution in [0.4, 0.5) is 13.2 Å². The highest BCUT2D eigenvalue weighted by atomic mass is 19.4. The van der Waals surface area contributed by atoms with Gasteiger partial charge in [-0.2, -0.15) is 13.2 Å². The molecule has 2 aromatic carbocycles.